The number of fused-ring (bicyclic) bond motifs is 3. The lowest BCUT2D eigenvalue weighted by Gasteiger charge is -2.20. The first-order valence-corrected chi connectivity index (χ1v) is 8.79. The first-order chi connectivity index (χ1) is 12.4. The fourth-order valence-electron chi connectivity index (χ4n) is 3.29. The Morgan fingerprint density at radius 2 is 2.08 bits per heavy atom. The molecule has 2 aromatic heterocycles. The average Bonchev–Trinajstić information content (AvgIpc) is 2.96. The number of nitrogens with zero attached hydrogens (tertiary/aromatic N) is 4. The van der Waals surface area contributed by atoms with Crippen LogP contribution in [0.25, 0.3) is 16.7 Å². The number of benzene rings is 1. The molecule has 1 N–H and O–H groups in total. The van der Waals surface area contributed by atoms with E-state index in [9.17, 15) is 5.26 Å². The number of nitrogens with one attached hydrogen (secondary N) is 1. The second-order valence-electron chi connectivity index (χ2n) is 7.06. The number of aromatic nitrogens is 2. The van der Waals surface area contributed by atoms with Crippen molar-refractivity contribution >= 4 is 22.5 Å². The van der Waals surface area contributed by atoms with E-state index in [1.54, 1.807) is 0 Å². The van der Waals surface area contributed by atoms with E-state index in [0.29, 0.717) is 11.2 Å². The molecule has 3 rings (SSSR count). The zero-order valence-corrected chi connectivity index (χ0v) is 15.9. The number of rotatable bonds is 6. The van der Waals surface area contributed by atoms with Gasteiger partial charge in [-0.3, -0.25) is 4.40 Å². The summed E-state index contributed by atoms with van der Waals surface area (Å²) in [6.45, 7) is 9.83. The van der Waals surface area contributed by atoms with Gasteiger partial charge >= 0.3 is 0 Å². The summed E-state index contributed by atoms with van der Waals surface area (Å²) in [6.07, 6.45) is 0.729. The Morgan fingerprint density at radius 3 is 2.73 bits per heavy atom. The molecular formula is C21H25N5. The predicted octanol–water partition coefficient (Wildman–Crippen LogP) is 3.76. The summed E-state index contributed by atoms with van der Waals surface area (Å²) in [5, 5.41) is 13.4. The number of allylic oxidation sites excluding steroid dienone is 1. The van der Waals surface area contributed by atoms with Crippen LogP contribution in [-0.4, -0.2) is 41.5 Å². The van der Waals surface area contributed by atoms with Crippen LogP contribution in [0, 0.1) is 18.3 Å². The van der Waals surface area contributed by atoms with Crippen LogP contribution in [0.15, 0.2) is 36.4 Å². The summed E-state index contributed by atoms with van der Waals surface area (Å²) in [7, 11) is 4.12. The van der Waals surface area contributed by atoms with Gasteiger partial charge < -0.3 is 10.2 Å². The maximum atomic E-state index is 9.79. The molecule has 26 heavy (non-hydrogen) atoms. The number of hydrogen-bond acceptors (Lipinski definition) is 4. The summed E-state index contributed by atoms with van der Waals surface area (Å²) in [5.74, 6) is 1.01. The molecule has 0 saturated carbocycles. The van der Waals surface area contributed by atoms with Gasteiger partial charge in [0.05, 0.1) is 16.6 Å². The molecule has 0 aliphatic heterocycles. The Kier molecular flexibility index (Phi) is 4.97. The molecule has 0 radical (unpaired) electrons. The third-order valence-electron chi connectivity index (χ3n) is 4.56. The Morgan fingerprint density at radius 1 is 1.35 bits per heavy atom. The lowest BCUT2D eigenvalue weighted by molar-refractivity contribution is 0.425. The third-order valence-corrected chi connectivity index (χ3v) is 4.56. The number of nitriles is 1. The molecule has 5 heteroatoms. The molecule has 0 aliphatic rings. The average molecular weight is 347 g/mol. The van der Waals surface area contributed by atoms with Gasteiger partial charge in [0.25, 0.3) is 0 Å². The van der Waals surface area contributed by atoms with Crippen molar-refractivity contribution < 1.29 is 0 Å². The zero-order valence-electron chi connectivity index (χ0n) is 15.9. The van der Waals surface area contributed by atoms with E-state index in [4.69, 9.17) is 4.98 Å². The molecule has 3 aromatic rings. The molecule has 0 atom stereocenters. The van der Waals surface area contributed by atoms with Crippen molar-refractivity contribution in [2.45, 2.75) is 20.3 Å². The number of para-hydroxylation sites is 2. The monoisotopic (exact) mass is 347 g/mol. The summed E-state index contributed by atoms with van der Waals surface area (Å²) < 4.78 is 2.09. The van der Waals surface area contributed by atoms with Crippen LogP contribution in [0.2, 0.25) is 0 Å². The Hall–Kier alpha value is -2.84. The minimum atomic E-state index is 0.635. The topological polar surface area (TPSA) is 56.4 Å². The SMILES string of the molecule is C=C(C)Cc1c(C)c(C#N)c2nc3ccccc3n2c1NCCN(C)C. The van der Waals surface area contributed by atoms with Gasteiger partial charge in [-0.05, 0) is 52.1 Å². The summed E-state index contributed by atoms with van der Waals surface area (Å²) >= 11 is 0. The highest BCUT2D eigenvalue weighted by atomic mass is 15.1. The van der Waals surface area contributed by atoms with E-state index in [1.165, 1.54) is 0 Å². The highest BCUT2D eigenvalue weighted by Crippen LogP contribution is 2.32. The molecule has 134 valence electrons. The summed E-state index contributed by atoms with van der Waals surface area (Å²) in [6, 6.07) is 10.4. The zero-order chi connectivity index (χ0) is 18.8. The van der Waals surface area contributed by atoms with Crippen LogP contribution < -0.4 is 5.32 Å². The summed E-state index contributed by atoms with van der Waals surface area (Å²) in [4.78, 5) is 6.88. The highest BCUT2D eigenvalue weighted by molar-refractivity contribution is 5.86. The third kappa shape index (κ3) is 3.16. The van der Waals surface area contributed by atoms with E-state index in [0.717, 1.165) is 53.1 Å². The Bertz CT molecular complexity index is 1020. The van der Waals surface area contributed by atoms with E-state index in [2.05, 4.69) is 41.4 Å². The van der Waals surface area contributed by atoms with Gasteiger partial charge in [0.1, 0.15) is 11.9 Å². The van der Waals surface area contributed by atoms with Gasteiger partial charge in [0.2, 0.25) is 0 Å². The quantitative estimate of drug-likeness (QED) is 0.690. The van der Waals surface area contributed by atoms with Crippen molar-refractivity contribution in [2.24, 2.45) is 0 Å². The maximum Gasteiger partial charge on any atom is 0.157 e. The maximum absolute atomic E-state index is 9.79. The molecular weight excluding hydrogens is 322 g/mol. The predicted molar refractivity (Wildman–Crippen MR) is 108 cm³/mol. The molecule has 0 amide bonds. The van der Waals surface area contributed by atoms with Crippen molar-refractivity contribution in [3.05, 3.63) is 53.1 Å². The number of imidazole rings is 1. The van der Waals surface area contributed by atoms with Crippen LogP contribution in [0.5, 0.6) is 0 Å². The second-order valence-corrected chi connectivity index (χ2v) is 7.06. The van der Waals surface area contributed by atoms with Gasteiger partial charge in [0, 0.05) is 18.7 Å². The van der Waals surface area contributed by atoms with Crippen LogP contribution in [-0.2, 0) is 6.42 Å². The molecule has 0 bridgehead atoms. The first kappa shape index (κ1) is 18.0. The summed E-state index contributed by atoms with van der Waals surface area (Å²) in [5.41, 5.74) is 6.41. The lowest BCUT2D eigenvalue weighted by atomic mass is 9.99. The minimum Gasteiger partial charge on any atom is -0.370 e. The van der Waals surface area contributed by atoms with E-state index < -0.39 is 0 Å². The van der Waals surface area contributed by atoms with Gasteiger partial charge in [-0.1, -0.05) is 24.3 Å². The van der Waals surface area contributed by atoms with Crippen molar-refractivity contribution in [3.8, 4) is 6.07 Å². The smallest absolute Gasteiger partial charge is 0.157 e. The van der Waals surface area contributed by atoms with Crippen molar-refractivity contribution in [2.75, 3.05) is 32.5 Å². The molecule has 0 fully saturated rings. The van der Waals surface area contributed by atoms with E-state index >= 15 is 0 Å². The largest absolute Gasteiger partial charge is 0.370 e. The van der Waals surface area contributed by atoms with Crippen molar-refractivity contribution in [1.82, 2.24) is 14.3 Å². The number of likely N-dealkylation sites (N-methyl/N-ethyl adjacent to an activating group) is 1. The fourth-order valence-corrected chi connectivity index (χ4v) is 3.29. The van der Waals surface area contributed by atoms with Crippen molar-refractivity contribution in [1.29, 1.82) is 5.26 Å². The Balaban J connectivity index is 2.34. The van der Waals surface area contributed by atoms with E-state index in [1.807, 2.05) is 38.1 Å². The standard InChI is InChI=1S/C21H25N5/c1-14(2)12-16-15(3)17(13-22)21-24-18-8-6-7-9-19(18)26(21)20(16)23-10-11-25(4)5/h6-9,23H,1,10-12H2,2-5H3. The van der Waals surface area contributed by atoms with Gasteiger partial charge in [-0.2, -0.15) is 5.26 Å². The lowest BCUT2D eigenvalue weighted by Crippen LogP contribution is -2.22. The van der Waals surface area contributed by atoms with Crippen LogP contribution in [0.1, 0.15) is 23.6 Å². The van der Waals surface area contributed by atoms with E-state index in [-0.39, 0.29) is 0 Å². The molecule has 0 saturated heterocycles. The molecule has 1 aromatic carbocycles. The molecule has 5 nitrogen and oxygen atoms in total. The molecule has 0 aliphatic carbocycles. The van der Waals surface area contributed by atoms with Crippen molar-refractivity contribution in [3.63, 3.8) is 0 Å². The molecule has 0 spiro atoms. The van der Waals surface area contributed by atoms with Gasteiger partial charge in [-0.25, -0.2) is 4.98 Å². The van der Waals surface area contributed by atoms with Gasteiger partial charge in [0.15, 0.2) is 5.65 Å². The fraction of sp³-hybridized carbons (Fsp3) is 0.333. The first-order valence-electron chi connectivity index (χ1n) is 8.79. The normalized spacial score (nSPS) is 11.2. The van der Waals surface area contributed by atoms with Gasteiger partial charge in [-0.15, -0.1) is 0 Å². The number of pyridine rings is 1. The number of anilines is 1. The minimum absolute atomic E-state index is 0.635. The Labute approximate surface area is 154 Å². The second kappa shape index (κ2) is 7.19. The molecule has 2 heterocycles. The molecule has 0 unspecified atom stereocenters. The van der Waals surface area contributed by atoms with Crippen LogP contribution in [0.4, 0.5) is 5.82 Å². The number of hydrogen-bond donors (Lipinski definition) is 1. The highest BCUT2D eigenvalue weighted by Gasteiger charge is 2.20. The van der Waals surface area contributed by atoms with Crippen LogP contribution >= 0.6 is 0 Å². The van der Waals surface area contributed by atoms with Crippen LogP contribution in [0.3, 0.4) is 0 Å².